The smallest absolute Gasteiger partial charge is 0.260 e. The molecule has 0 amide bonds. The minimum absolute atomic E-state index is 0.330. The molecule has 0 heterocycles. The van der Waals surface area contributed by atoms with Crippen LogP contribution in [0.1, 0.15) is 26.7 Å². The van der Waals surface area contributed by atoms with Crippen LogP contribution in [0.4, 0.5) is 0 Å². The van der Waals surface area contributed by atoms with Gasteiger partial charge in [-0.15, -0.1) is 0 Å². The Bertz CT molecular complexity index is 113. The predicted molar refractivity (Wildman–Crippen MR) is 46.8 cm³/mol. The van der Waals surface area contributed by atoms with Gasteiger partial charge in [0.1, 0.15) is 0 Å². The first-order valence-corrected chi connectivity index (χ1v) is 5.46. The van der Waals surface area contributed by atoms with Gasteiger partial charge in [-0.3, -0.25) is 4.90 Å². The van der Waals surface area contributed by atoms with E-state index in [0.717, 1.165) is 25.9 Å². The van der Waals surface area contributed by atoms with Crippen LogP contribution in [0.25, 0.3) is 0 Å². The maximum atomic E-state index is 10.5. The summed E-state index contributed by atoms with van der Waals surface area (Å²) in [5.41, 5.74) is 0. The third kappa shape index (κ3) is 6.42. The molecule has 0 spiro atoms. The van der Waals surface area contributed by atoms with Gasteiger partial charge >= 0.3 is 8.03 Å². The first kappa shape index (κ1) is 11.0. The molecule has 0 bridgehead atoms. The minimum Gasteiger partial charge on any atom is -0.260 e. The van der Waals surface area contributed by atoms with Crippen LogP contribution in [0.3, 0.4) is 0 Å². The molecule has 66 valence electrons. The van der Waals surface area contributed by atoms with Crippen LogP contribution in [0, 0.1) is 0 Å². The summed E-state index contributed by atoms with van der Waals surface area (Å²) >= 11 is 0. The van der Waals surface area contributed by atoms with Gasteiger partial charge in [0.2, 0.25) is 6.29 Å². The molecule has 0 aliphatic rings. The van der Waals surface area contributed by atoms with Crippen molar-refractivity contribution in [1.29, 1.82) is 0 Å². The molecule has 0 aromatic rings. The summed E-state index contributed by atoms with van der Waals surface area (Å²) in [6, 6.07) is 0. The highest BCUT2D eigenvalue weighted by Crippen LogP contribution is 2.14. The lowest BCUT2D eigenvalue weighted by atomic mass is 10.4. The first-order valence-electron chi connectivity index (χ1n) is 4.06. The summed E-state index contributed by atoms with van der Waals surface area (Å²) in [5.74, 6) is 0. The molecular formula is C7H17NO2P+. The monoisotopic (exact) mass is 178 g/mol. The van der Waals surface area contributed by atoms with E-state index in [4.69, 9.17) is 4.89 Å². The third-order valence-electron chi connectivity index (χ3n) is 1.40. The SMILES string of the molecule is CCCN(CCC)C[P+](=O)O. The van der Waals surface area contributed by atoms with E-state index in [1.54, 1.807) is 0 Å². The van der Waals surface area contributed by atoms with Crippen LogP contribution in [-0.2, 0) is 4.57 Å². The zero-order valence-corrected chi connectivity index (χ0v) is 8.18. The van der Waals surface area contributed by atoms with Crippen molar-refractivity contribution in [3.63, 3.8) is 0 Å². The molecule has 0 rings (SSSR count). The Morgan fingerprint density at radius 1 is 1.27 bits per heavy atom. The molecule has 0 radical (unpaired) electrons. The van der Waals surface area contributed by atoms with Gasteiger partial charge in [0.15, 0.2) is 0 Å². The van der Waals surface area contributed by atoms with Gasteiger partial charge in [-0.2, -0.15) is 4.89 Å². The number of hydrogen-bond donors (Lipinski definition) is 1. The summed E-state index contributed by atoms with van der Waals surface area (Å²) in [4.78, 5) is 10.7. The van der Waals surface area contributed by atoms with Gasteiger partial charge in [-0.1, -0.05) is 13.8 Å². The molecule has 1 atom stereocenters. The Kier molecular flexibility index (Phi) is 6.73. The molecule has 11 heavy (non-hydrogen) atoms. The van der Waals surface area contributed by atoms with Crippen LogP contribution in [0.2, 0.25) is 0 Å². The van der Waals surface area contributed by atoms with E-state index in [2.05, 4.69) is 13.8 Å². The molecule has 0 saturated carbocycles. The summed E-state index contributed by atoms with van der Waals surface area (Å²) < 4.78 is 10.5. The quantitative estimate of drug-likeness (QED) is 0.630. The molecule has 0 fully saturated rings. The zero-order chi connectivity index (χ0) is 8.69. The van der Waals surface area contributed by atoms with Gasteiger partial charge in [0.05, 0.1) is 0 Å². The number of hydrogen-bond acceptors (Lipinski definition) is 2. The van der Waals surface area contributed by atoms with Crippen LogP contribution in [0.5, 0.6) is 0 Å². The van der Waals surface area contributed by atoms with E-state index in [1.807, 2.05) is 4.90 Å². The van der Waals surface area contributed by atoms with Crippen molar-refractivity contribution < 1.29 is 9.46 Å². The van der Waals surface area contributed by atoms with E-state index in [0.29, 0.717) is 6.29 Å². The second-order valence-corrected chi connectivity index (χ2v) is 3.60. The average Bonchev–Trinajstić information content (AvgIpc) is 1.87. The van der Waals surface area contributed by atoms with Crippen LogP contribution < -0.4 is 0 Å². The molecule has 0 aromatic carbocycles. The summed E-state index contributed by atoms with van der Waals surface area (Å²) in [5, 5.41) is 0. The van der Waals surface area contributed by atoms with Crippen molar-refractivity contribution in [2.75, 3.05) is 19.4 Å². The van der Waals surface area contributed by atoms with Gasteiger partial charge in [0.25, 0.3) is 0 Å². The van der Waals surface area contributed by atoms with Gasteiger partial charge in [-0.25, -0.2) is 0 Å². The summed E-state index contributed by atoms with van der Waals surface area (Å²) in [6.07, 6.45) is 2.42. The second kappa shape index (κ2) is 6.71. The van der Waals surface area contributed by atoms with Crippen molar-refractivity contribution >= 4 is 8.03 Å². The molecule has 0 aromatic heterocycles. The fourth-order valence-electron chi connectivity index (χ4n) is 1.06. The topological polar surface area (TPSA) is 40.5 Å². The molecule has 1 unspecified atom stereocenters. The van der Waals surface area contributed by atoms with Crippen LogP contribution in [0.15, 0.2) is 0 Å². The Hall–Kier alpha value is 0.0200. The first-order chi connectivity index (χ1) is 5.20. The Morgan fingerprint density at radius 3 is 2.00 bits per heavy atom. The van der Waals surface area contributed by atoms with E-state index in [-0.39, 0.29) is 0 Å². The Balaban J connectivity index is 3.59. The Labute approximate surface area is 69.3 Å². The highest BCUT2D eigenvalue weighted by molar-refractivity contribution is 7.37. The third-order valence-corrected chi connectivity index (χ3v) is 2.04. The van der Waals surface area contributed by atoms with Gasteiger partial charge < -0.3 is 0 Å². The second-order valence-electron chi connectivity index (χ2n) is 2.61. The van der Waals surface area contributed by atoms with Crippen molar-refractivity contribution in [1.82, 2.24) is 4.90 Å². The Morgan fingerprint density at radius 2 is 1.73 bits per heavy atom. The lowest BCUT2D eigenvalue weighted by Crippen LogP contribution is -2.24. The molecule has 4 heteroatoms. The van der Waals surface area contributed by atoms with E-state index in [9.17, 15) is 4.57 Å². The molecule has 3 nitrogen and oxygen atoms in total. The van der Waals surface area contributed by atoms with Crippen molar-refractivity contribution in [2.45, 2.75) is 26.7 Å². The van der Waals surface area contributed by atoms with Crippen LogP contribution >= 0.6 is 8.03 Å². The van der Waals surface area contributed by atoms with Crippen molar-refractivity contribution in [3.8, 4) is 0 Å². The zero-order valence-electron chi connectivity index (χ0n) is 7.29. The summed E-state index contributed by atoms with van der Waals surface area (Å²) in [7, 11) is -1.99. The molecule has 0 aliphatic heterocycles. The molecular weight excluding hydrogens is 161 g/mol. The fraction of sp³-hybridized carbons (Fsp3) is 1.00. The average molecular weight is 178 g/mol. The molecule has 0 aliphatic carbocycles. The number of nitrogens with zero attached hydrogens (tertiary/aromatic N) is 1. The van der Waals surface area contributed by atoms with Crippen molar-refractivity contribution in [2.24, 2.45) is 0 Å². The molecule has 0 saturated heterocycles. The van der Waals surface area contributed by atoms with Crippen molar-refractivity contribution in [3.05, 3.63) is 0 Å². The summed E-state index contributed by atoms with van der Waals surface area (Å²) in [6.45, 7) is 6.01. The highest BCUT2D eigenvalue weighted by Gasteiger charge is 2.15. The highest BCUT2D eigenvalue weighted by atomic mass is 31.1. The maximum Gasteiger partial charge on any atom is 0.521 e. The lowest BCUT2D eigenvalue weighted by molar-refractivity contribution is 0.307. The van der Waals surface area contributed by atoms with Crippen LogP contribution in [-0.4, -0.2) is 29.2 Å². The maximum absolute atomic E-state index is 10.5. The lowest BCUT2D eigenvalue weighted by Gasteiger charge is -2.13. The normalized spacial score (nSPS) is 12.2. The van der Waals surface area contributed by atoms with Gasteiger partial charge in [-0.05, 0) is 17.4 Å². The van der Waals surface area contributed by atoms with E-state index >= 15 is 0 Å². The number of rotatable bonds is 6. The fourth-order valence-corrected chi connectivity index (χ4v) is 1.68. The minimum atomic E-state index is -1.99. The van der Waals surface area contributed by atoms with E-state index in [1.165, 1.54) is 0 Å². The largest absolute Gasteiger partial charge is 0.521 e. The predicted octanol–water partition coefficient (Wildman–Crippen LogP) is 1.80. The standard InChI is InChI=1S/C7H16NO2P/c1-3-5-8(6-4-2)7-11(9)10/h3-7H2,1-2H3/p+1. The van der Waals surface area contributed by atoms with Gasteiger partial charge in [0, 0.05) is 13.1 Å². The molecule has 1 N–H and O–H groups in total. The van der Waals surface area contributed by atoms with E-state index < -0.39 is 8.03 Å².